The van der Waals surface area contributed by atoms with Crippen LogP contribution in [0, 0.1) is 6.92 Å². The molecule has 0 aromatic carbocycles. The predicted octanol–water partition coefficient (Wildman–Crippen LogP) is 3.72. The number of halogens is 1. The zero-order valence-corrected chi connectivity index (χ0v) is 10.5. The molecule has 78 valence electrons. The van der Waals surface area contributed by atoms with Crippen molar-refractivity contribution in [2.45, 2.75) is 39.7 Å². The summed E-state index contributed by atoms with van der Waals surface area (Å²) in [5.74, 6) is 0.691. The third-order valence-corrected chi connectivity index (χ3v) is 2.52. The molecule has 14 heavy (non-hydrogen) atoms. The highest BCUT2D eigenvalue weighted by atomic mass is 79.9. The summed E-state index contributed by atoms with van der Waals surface area (Å²) in [5, 5.41) is 0. The van der Waals surface area contributed by atoms with E-state index < -0.39 is 0 Å². The molecule has 0 aliphatic rings. The van der Waals surface area contributed by atoms with Gasteiger partial charge in [-0.25, -0.2) is 4.98 Å². The van der Waals surface area contributed by atoms with Crippen LogP contribution in [-0.4, -0.2) is 11.1 Å². The van der Waals surface area contributed by atoms with Crippen LogP contribution in [0.15, 0.2) is 16.7 Å². The van der Waals surface area contributed by atoms with Crippen LogP contribution < -0.4 is 4.74 Å². The highest BCUT2D eigenvalue weighted by Crippen LogP contribution is 2.24. The van der Waals surface area contributed by atoms with Gasteiger partial charge >= 0.3 is 0 Å². The van der Waals surface area contributed by atoms with Gasteiger partial charge in [0.05, 0.1) is 10.6 Å². The van der Waals surface area contributed by atoms with Crippen molar-refractivity contribution in [3.8, 4) is 5.88 Å². The smallest absolute Gasteiger partial charge is 0.228 e. The lowest BCUT2D eigenvalue weighted by atomic mass is 10.2. The Balaban J connectivity index is 2.67. The van der Waals surface area contributed by atoms with Crippen LogP contribution in [0.1, 0.15) is 32.3 Å². The van der Waals surface area contributed by atoms with Crippen molar-refractivity contribution in [1.29, 1.82) is 0 Å². The number of nitrogens with zero attached hydrogens (tertiary/aromatic N) is 1. The van der Waals surface area contributed by atoms with Gasteiger partial charge in [-0.15, -0.1) is 0 Å². The fourth-order valence-corrected chi connectivity index (χ4v) is 1.82. The van der Waals surface area contributed by atoms with Gasteiger partial charge in [0.1, 0.15) is 0 Å². The highest BCUT2D eigenvalue weighted by molar-refractivity contribution is 9.10. The van der Waals surface area contributed by atoms with Crippen LogP contribution >= 0.6 is 15.9 Å². The summed E-state index contributed by atoms with van der Waals surface area (Å²) in [6.07, 6.45) is 4.23. The Morgan fingerprint density at radius 3 is 2.86 bits per heavy atom. The number of aromatic nitrogens is 1. The Morgan fingerprint density at radius 1 is 1.57 bits per heavy atom. The van der Waals surface area contributed by atoms with Gasteiger partial charge in [-0.2, -0.15) is 0 Å². The maximum Gasteiger partial charge on any atom is 0.228 e. The summed E-state index contributed by atoms with van der Waals surface area (Å²) in [7, 11) is 0. The van der Waals surface area contributed by atoms with Crippen molar-refractivity contribution in [2.75, 3.05) is 0 Å². The van der Waals surface area contributed by atoms with E-state index in [0.717, 1.165) is 22.9 Å². The Hall–Kier alpha value is -0.570. The summed E-state index contributed by atoms with van der Waals surface area (Å²) in [4.78, 5) is 4.23. The Kier molecular flexibility index (Phi) is 4.39. The number of rotatable bonds is 4. The van der Waals surface area contributed by atoms with Crippen LogP contribution in [0.2, 0.25) is 0 Å². The molecule has 1 heterocycles. The molecule has 1 rings (SSSR count). The predicted molar refractivity (Wildman–Crippen MR) is 61.7 cm³/mol. The minimum absolute atomic E-state index is 0.228. The van der Waals surface area contributed by atoms with E-state index in [2.05, 4.69) is 34.8 Å². The molecule has 0 saturated heterocycles. The molecule has 1 aromatic heterocycles. The standard InChI is InChI=1S/C11H16BrNO/c1-4-5-9(3)14-11-10(12)6-8(2)7-13-11/h6-7,9H,4-5H2,1-3H3. The largest absolute Gasteiger partial charge is 0.474 e. The lowest BCUT2D eigenvalue weighted by Gasteiger charge is -2.13. The van der Waals surface area contributed by atoms with Crippen LogP contribution in [-0.2, 0) is 0 Å². The van der Waals surface area contributed by atoms with Gasteiger partial charge in [-0.1, -0.05) is 13.3 Å². The lowest BCUT2D eigenvalue weighted by Crippen LogP contribution is -2.12. The third-order valence-electron chi connectivity index (χ3n) is 1.95. The average Bonchev–Trinajstić information content (AvgIpc) is 2.10. The topological polar surface area (TPSA) is 22.1 Å². The molecule has 0 radical (unpaired) electrons. The Labute approximate surface area is 93.8 Å². The van der Waals surface area contributed by atoms with Crippen LogP contribution in [0.5, 0.6) is 5.88 Å². The monoisotopic (exact) mass is 257 g/mol. The van der Waals surface area contributed by atoms with Crippen LogP contribution in [0.25, 0.3) is 0 Å². The minimum Gasteiger partial charge on any atom is -0.474 e. The van der Waals surface area contributed by atoms with E-state index in [0.29, 0.717) is 5.88 Å². The average molecular weight is 258 g/mol. The molecule has 3 heteroatoms. The van der Waals surface area contributed by atoms with Gasteiger partial charge in [-0.05, 0) is 47.8 Å². The van der Waals surface area contributed by atoms with Crippen LogP contribution in [0.3, 0.4) is 0 Å². The van der Waals surface area contributed by atoms with Gasteiger partial charge in [0, 0.05) is 6.20 Å². The molecule has 0 bridgehead atoms. The van der Waals surface area contributed by atoms with E-state index in [1.165, 1.54) is 0 Å². The normalized spacial score (nSPS) is 12.6. The van der Waals surface area contributed by atoms with Crippen molar-refractivity contribution in [3.63, 3.8) is 0 Å². The second kappa shape index (κ2) is 5.35. The van der Waals surface area contributed by atoms with E-state index in [1.54, 1.807) is 0 Å². The van der Waals surface area contributed by atoms with Crippen LogP contribution in [0.4, 0.5) is 0 Å². The number of pyridine rings is 1. The molecule has 1 aromatic rings. The highest BCUT2D eigenvalue weighted by Gasteiger charge is 2.07. The SMILES string of the molecule is CCCC(C)Oc1ncc(C)cc1Br. The van der Waals surface area contributed by atoms with Crippen molar-refractivity contribution in [1.82, 2.24) is 4.98 Å². The zero-order chi connectivity index (χ0) is 10.6. The molecule has 0 spiro atoms. The lowest BCUT2D eigenvalue weighted by molar-refractivity contribution is 0.200. The number of ether oxygens (including phenoxy) is 1. The first kappa shape index (κ1) is 11.5. The molecule has 2 nitrogen and oxygen atoms in total. The van der Waals surface area contributed by atoms with Gasteiger partial charge in [0.2, 0.25) is 5.88 Å². The number of aryl methyl sites for hydroxylation is 1. The Bertz CT molecular complexity index is 301. The fourth-order valence-electron chi connectivity index (χ4n) is 1.26. The molecule has 0 aliphatic heterocycles. The summed E-state index contributed by atoms with van der Waals surface area (Å²) in [5.41, 5.74) is 1.13. The van der Waals surface area contributed by atoms with Gasteiger partial charge in [0.25, 0.3) is 0 Å². The van der Waals surface area contributed by atoms with Crippen molar-refractivity contribution < 1.29 is 4.74 Å². The molecule has 1 atom stereocenters. The van der Waals surface area contributed by atoms with E-state index in [1.807, 2.05) is 19.2 Å². The molecule has 0 fully saturated rings. The maximum atomic E-state index is 5.68. The summed E-state index contributed by atoms with van der Waals surface area (Å²) < 4.78 is 6.61. The molecule has 1 unspecified atom stereocenters. The molecular formula is C11H16BrNO. The molecule has 0 aliphatic carbocycles. The van der Waals surface area contributed by atoms with E-state index in [4.69, 9.17) is 4.74 Å². The summed E-state index contributed by atoms with van der Waals surface area (Å²) in [6.45, 7) is 6.23. The van der Waals surface area contributed by atoms with E-state index in [9.17, 15) is 0 Å². The van der Waals surface area contributed by atoms with Gasteiger partial charge in [-0.3, -0.25) is 0 Å². The molecule has 0 N–H and O–H groups in total. The first-order chi connectivity index (χ1) is 6.63. The number of hydrogen-bond acceptors (Lipinski definition) is 2. The first-order valence-corrected chi connectivity index (χ1v) is 5.71. The minimum atomic E-state index is 0.228. The third kappa shape index (κ3) is 3.29. The van der Waals surface area contributed by atoms with Crippen molar-refractivity contribution >= 4 is 15.9 Å². The molecule has 0 amide bonds. The van der Waals surface area contributed by atoms with E-state index >= 15 is 0 Å². The molecular weight excluding hydrogens is 242 g/mol. The zero-order valence-electron chi connectivity index (χ0n) is 8.88. The van der Waals surface area contributed by atoms with Gasteiger partial charge < -0.3 is 4.74 Å². The summed E-state index contributed by atoms with van der Waals surface area (Å²) in [6, 6.07) is 2.01. The second-order valence-electron chi connectivity index (χ2n) is 3.52. The second-order valence-corrected chi connectivity index (χ2v) is 4.37. The van der Waals surface area contributed by atoms with Gasteiger partial charge in [0.15, 0.2) is 0 Å². The Morgan fingerprint density at radius 2 is 2.29 bits per heavy atom. The van der Waals surface area contributed by atoms with E-state index in [-0.39, 0.29) is 6.10 Å². The summed E-state index contributed by atoms with van der Waals surface area (Å²) >= 11 is 3.44. The van der Waals surface area contributed by atoms with Crippen molar-refractivity contribution in [2.24, 2.45) is 0 Å². The maximum absolute atomic E-state index is 5.68. The first-order valence-electron chi connectivity index (χ1n) is 4.92. The molecule has 0 saturated carbocycles. The fraction of sp³-hybridized carbons (Fsp3) is 0.545. The van der Waals surface area contributed by atoms with Crippen molar-refractivity contribution in [3.05, 3.63) is 22.3 Å². The number of hydrogen-bond donors (Lipinski definition) is 0. The quantitative estimate of drug-likeness (QED) is 0.821.